The molecule has 0 aromatic heterocycles. The molecule has 0 aromatic rings. The van der Waals surface area contributed by atoms with Gasteiger partial charge in [0.05, 0.1) is 11.7 Å². The van der Waals surface area contributed by atoms with Gasteiger partial charge in [-0.15, -0.1) is 0 Å². The number of fused-ring (bicyclic) bond motifs is 1. The first-order chi connectivity index (χ1) is 13.9. The lowest BCUT2D eigenvalue weighted by atomic mass is 9.81. The molecule has 166 valence electrons. The van der Waals surface area contributed by atoms with Gasteiger partial charge in [0.2, 0.25) is 0 Å². The molecular weight excluding hydrogens is 380 g/mol. The summed E-state index contributed by atoms with van der Waals surface area (Å²) in [5.41, 5.74) is -0.145. The Morgan fingerprint density at radius 1 is 1.37 bits per heavy atom. The third-order valence-corrected chi connectivity index (χ3v) is 5.65. The van der Waals surface area contributed by atoms with Gasteiger partial charge in [-0.3, -0.25) is 4.79 Å². The molecule has 0 unspecified atom stereocenters. The van der Waals surface area contributed by atoms with Crippen molar-refractivity contribution in [1.29, 1.82) is 0 Å². The van der Waals surface area contributed by atoms with E-state index in [9.17, 15) is 14.7 Å². The largest absolute Gasteiger partial charge is 0.452 e. The summed E-state index contributed by atoms with van der Waals surface area (Å²) in [6.45, 7) is 11.2. The molecule has 0 aromatic carbocycles. The summed E-state index contributed by atoms with van der Waals surface area (Å²) in [7, 11) is 0. The highest BCUT2D eigenvalue weighted by Crippen LogP contribution is 2.45. The minimum Gasteiger partial charge on any atom is -0.452 e. The maximum absolute atomic E-state index is 12.3. The zero-order chi connectivity index (χ0) is 22.6. The molecule has 1 saturated heterocycles. The van der Waals surface area contributed by atoms with Crippen LogP contribution in [0.4, 0.5) is 0 Å². The van der Waals surface area contributed by atoms with Gasteiger partial charge in [0, 0.05) is 6.08 Å². The summed E-state index contributed by atoms with van der Waals surface area (Å²) in [4.78, 5) is 23.8. The van der Waals surface area contributed by atoms with Crippen molar-refractivity contribution in [3.63, 3.8) is 0 Å². The zero-order valence-electron chi connectivity index (χ0n) is 19.1. The first-order valence-corrected chi connectivity index (χ1v) is 10.6. The third kappa shape index (κ3) is 7.06. The van der Waals surface area contributed by atoms with E-state index in [1.54, 1.807) is 19.9 Å². The Bertz CT molecular complexity index is 763. The van der Waals surface area contributed by atoms with Crippen LogP contribution in [0.1, 0.15) is 67.2 Å². The molecule has 30 heavy (non-hydrogen) atoms. The molecule has 0 bridgehead atoms. The highest BCUT2D eigenvalue weighted by atomic mass is 16.6. The molecule has 1 aliphatic carbocycles. The smallest absolute Gasteiger partial charge is 0.331 e. The number of aliphatic hydroxyl groups is 1. The summed E-state index contributed by atoms with van der Waals surface area (Å²) in [5.74, 6) is -0.384. The van der Waals surface area contributed by atoms with Crippen LogP contribution in [-0.4, -0.2) is 40.8 Å². The van der Waals surface area contributed by atoms with E-state index in [-0.39, 0.29) is 17.5 Å². The molecule has 0 radical (unpaired) electrons. The van der Waals surface area contributed by atoms with Crippen LogP contribution in [0.3, 0.4) is 0 Å². The molecule has 0 saturated carbocycles. The van der Waals surface area contributed by atoms with E-state index in [0.29, 0.717) is 25.7 Å². The lowest BCUT2D eigenvalue weighted by molar-refractivity contribution is -0.143. The second kappa shape index (κ2) is 9.44. The van der Waals surface area contributed by atoms with Crippen LogP contribution in [0.15, 0.2) is 47.6 Å². The quantitative estimate of drug-likeness (QED) is 0.225. The predicted octanol–water partition coefficient (Wildman–Crippen LogP) is 4.61. The third-order valence-electron chi connectivity index (χ3n) is 5.65. The molecule has 0 amide bonds. The fourth-order valence-electron chi connectivity index (χ4n) is 3.64. The molecule has 1 N–H and O–H groups in total. The number of allylic oxidation sites excluding steroid dienone is 5. The van der Waals surface area contributed by atoms with Crippen LogP contribution in [-0.2, 0) is 19.1 Å². The molecule has 0 spiro atoms. The Balaban J connectivity index is 2.33. The van der Waals surface area contributed by atoms with Gasteiger partial charge in [-0.05, 0) is 77.4 Å². The van der Waals surface area contributed by atoms with Gasteiger partial charge < -0.3 is 14.6 Å². The predicted molar refractivity (Wildman–Crippen MR) is 118 cm³/mol. The van der Waals surface area contributed by atoms with E-state index < -0.39 is 17.3 Å². The van der Waals surface area contributed by atoms with Crippen LogP contribution in [0, 0.1) is 5.41 Å². The van der Waals surface area contributed by atoms with Crippen molar-refractivity contribution in [3.05, 3.63) is 47.6 Å². The number of aldehydes is 1. The van der Waals surface area contributed by atoms with Gasteiger partial charge in [-0.2, -0.15) is 0 Å². The van der Waals surface area contributed by atoms with Crippen molar-refractivity contribution >= 4 is 12.3 Å². The Kier molecular flexibility index (Phi) is 7.64. The van der Waals surface area contributed by atoms with E-state index in [1.807, 2.05) is 39.0 Å². The Labute approximate surface area is 180 Å². The van der Waals surface area contributed by atoms with E-state index in [4.69, 9.17) is 9.47 Å². The number of esters is 1. The maximum Gasteiger partial charge on any atom is 0.331 e. The van der Waals surface area contributed by atoms with Crippen molar-refractivity contribution in [1.82, 2.24) is 0 Å². The van der Waals surface area contributed by atoms with Gasteiger partial charge in [-0.1, -0.05) is 36.8 Å². The number of carbonyl (C=O) groups is 2. The number of hydrogen-bond donors (Lipinski definition) is 1. The monoisotopic (exact) mass is 416 g/mol. The first-order valence-electron chi connectivity index (χ1n) is 10.6. The molecule has 1 heterocycles. The Hall–Kier alpha value is -1.98. The minimum absolute atomic E-state index is 0.0607. The fraction of sp³-hybridized carbons (Fsp3) is 0.600. The average molecular weight is 417 g/mol. The van der Waals surface area contributed by atoms with Crippen LogP contribution in [0.2, 0.25) is 0 Å². The van der Waals surface area contributed by atoms with Crippen LogP contribution in [0.25, 0.3) is 0 Å². The van der Waals surface area contributed by atoms with Gasteiger partial charge in [0.1, 0.15) is 11.9 Å². The van der Waals surface area contributed by atoms with Gasteiger partial charge in [0.15, 0.2) is 6.10 Å². The Morgan fingerprint density at radius 3 is 2.67 bits per heavy atom. The topological polar surface area (TPSA) is 76.1 Å². The molecule has 1 fully saturated rings. The van der Waals surface area contributed by atoms with E-state index in [1.165, 1.54) is 6.08 Å². The van der Waals surface area contributed by atoms with Gasteiger partial charge >= 0.3 is 5.97 Å². The molecule has 2 aliphatic rings. The van der Waals surface area contributed by atoms with Crippen LogP contribution >= 0.6 is 0 Å². The first kappa shape index (κ1) is 24.3. The molecule has 4 atom stereocenters. The van der Waals surface area contributed by atoms with E-state index >= 15 is 0 Å². The lowest BCUT2D eigenvalue weighted by Gasteiger charge is -2.26. The molecule has 5 nitrogen and oxygen atoms in total. The van der Waals surface area contributed by atoms with Crippen LogP contribution < -0.4 is 0 Å². The summed E-state index contributed by atoms with van der Waals surface area (Å²) < 4.78 is 11.7. The van der Waals surface area contributed by atoms with Crippen molar-refractivity contribution in [2.75, 3.05) is 0 Å². The average Bonchev–Trinajstić information content (AvgIpc) is 3.28. The number of carbonyl (C=O) groups excluding carboxylic acids is 2. The summed E-state index contributed by atoms with van der Waals surface area (Å²) in [6.07, 6.45) is 14.2. The summed E-state index contributed by atoms with van der Waals surface area (Å²) in [5, 5.41) is 9.98. The molecule has 5 heteroatoms. The highest BCUT2D eigenvalue weighted by molar-refractivity contribution is 5.83. The number of epoxide rings is 1. The SMILES string of the molecule is CC(C)=CC(=O)O[C@@H]1/C=C/[C@@](C)(C/C=C/C(C)(C)O)C/C=C(/C=O)CC[C@@H]2O[C@]21C. The van der Waals surface area contributed by atoms with E-state index in [0.717, 1.165) is 17.4 Å². The second-order valence-corrected chi connectivity index (χ2v) is 9.78. The van der Waals surface area contributed by atoms with Crippen molar-refractivity contribution < 1.29 is 24.2 Å². The highest BCUT2D eigenvalue weighted by Gasteiger charge is 2.58. The Morgan fingerprint density at radius 2 is 2.07 bits per heavy atom. The van der Waals surface area contributed by atoms with Gasteiger partial charge in [-0.25, -0.2) is 4.79 Å². The number of rotatable bonds is 6. The molecule has 1 aliphatic heterocycles. The number of ether oxygens (including phenoxy) is 2. The maximum atomic E-state index is 12.3. The molecular formula is C25H36O5. The fourth-order valence-corrected chi connectivity index (χ4v) is 3.64. The zero-order valence-corrected chi connectivity index (χ0v) is 19.1. The lowest BCUT2D eigenvalue weighted by Crippen LogP contribution is -2.32. The summed E-state index contributed by atoms with van der Waals surface area (Å²) >= 11 is 0. The second-order valence-electron chi connectivity index (χ2n) is 9.78. The van der Waals surface area contributed by atoms with Gasteiger partial charge in [0.25, 0.3) is 0 Å². The molecule has 2 rings (SSSR count). The van der Waals surface area contributed by atoms with Crippen molar-refractivity contribution in [2.45, 2.75) is 90.6 Å². The van der Waals surface area contributed by atoms with E-state index in [2.05, 4.69) is 13.0 Å². The van der Waals surface area contributed by atoms with Crippen molar-refractivity contribution in [2.24, 2.45) is 5.41 Å². The number of hydrogen-bond acceptors (Lipinski definition) is 5. The minimum atomic E-state index is -0.887. The summed E-state index contributed by atoms with van der Waals surface area (Å²) in [6, 6.07) is 0. The van der Waals surface area contributed by atoms with Crippen molar-refractivity contribution in [3.8, 4) is 0 Å². The standard InChI is InChI=1S/C25H36O5/c1-18(2)16-22(27)29-20-11-15-24(5,13-7-12-23(3,4)28)14-10-19(17-26)8-9-21-25(20,6)30-21/h7,10-12,15-17,20-21,28H,8-9,13-14H2,1-6H3/b12-7+,15-11+,19-10+/t20-,21+,24+,25+/m1/s1. The normalized spacial score (nSPS) is 34.7. The van der Waals surface area contributed by atoms with Crippen LogP contribution in [0.5, 0.6) is 0 Å².